The fourth-order valence-corrected chi connectivity index (χ4v) is 5.96. The van der Waals surface area contributed by atoms with Gasteiger partial charge in [-0.1, -0.05) is 152 Å². The van der Waals surface area contributed by atoms with E-state index in [0.29, 0.717) is 11.7 Å². The molecule has 0 aromatic heterocycles. The highest BCUT2D eigenvalue weighted by Gasteiger charge is 2.17. The number of hydrogen-bond acceptors (Lipinski definition) is 2. The van der Waals surface area contributed by atoms with Gasteiger partial charge in [-0.2, -0.15) is 0 Å². The summed E-state index contributed by atoms with van der Waals surface area (Å²) in [4.78, 5) is 15.4. The van der Waals surface area contributed by atoms with Crippen LogP contribution in [0, 0.1) is 5.92 Å². The first-order chi connectivity index (χ1) is 22.6. The second kappa shape index (κ2) is 37.8. The van der Waals surface area contributed by atoms with Crippen LogP contribution in [0.2, 0.25) is 0 Å². The Bertz CT molecular complexity index is 771. The number of allylic oxidation sites excluding steroid dienone is 10. The van der Waals surface area contributed by atoms with Gasteiger partial charge in [0.1, 0.15) is 5.78 Å². The van der Waals surface area contributed by atoms with Gasteiger partial charge in [-0.15, -0.1) is 0 Å². The monoisotopic (exact) mass is 638 g/mol. The Hall–Kier alpha value is -1.67. The number of Topliss-reactive ketones (excluding diaryl/α,β-unsaturated/α-hetero) is 1. The highest BCUT2D eigenvalue weighted by molar-refractivity contribution is 5.80. The molecule has 0 aliphatic heterocycles. The van der Waals surface area contributed by atoms with Crippen molar-refractivity contribution < 1.29 is 4.79 Å². The van der Waals surface area contributed by atoms with Gasteiger partial charge < -0.3 is 4.90 Å². The molecule has 0 aliphatic rings. The first-order valence-electron chi connectivity index (χ1n) is 20.0. The number of nitrogens with zero attached hydrogens (tertiary/aromatic N) is 1. The molecule has 1 unspecified atom stereocenters. The normalized spacial score (nSPS) is 13.2. The van der Waals surface area contributed by atoms with Crippen LogP contribution < -0.4 is 0 Å². The Kier molecular flexibility index (Phi) is 36.4. The average molecular weight is 638 g/mol. The summed E-state index contributed by atoms with van der Waals surface area (Å²) in [6.07, 6.45) is 56.0. The molecule has 0 fully saturated rings. The van der Waals surface area contributed by atoms with Gasteiger partial charge in [0.2, 0.25) is 0 Å². The number of rotatable bonds is 35. The van der Waals surface area contributed by atoms with Crippen LogP contribution in [-0.2, 0) is 4.79 Å². The van der Waals surface area contributed by atoms with Crippen LogP contribution in [-0.4, -0.2) is 31.3 Å². The average Bonchev–Trinajstić information content (AvgIpc) is 3.05. The third kappa shape index (κ3) is 35.2. The predicted molar refractivity (Wildman–Crippen MR) is 209 cm³/mol. The Morgan fingerprint density at radius 1 is 0.478 bits per heavy atom. The molecule has 2 nitrogen and oxygen atoms in total. The van der Waals surface area contributed by atoms with E-state index in [1.165, 1.54) is 116 Å². The largest absolute Gasteiger partial charge is 0.309 e. The summed E-state index contributed by atoms with van der Waals surface area (Å²) in [5.74, 6) is 0.868. The van der Waals surface area contributed by atoms with Crippen LogP contribution in [0.1, 0.15) is 187 Å². The first kappa shape index (κ1) is 44.3. The minimum absolute atomic E-state index is 0.312. The molecule has 0 radical (unpaired) electrons. The quantitative estimate of drug-likeness (QED) is 0.0509. The third-order valence-corrected chi connectivity index (χ3v) is 8.94. The molecule has 2 heteroatoms. The van der Waals surface area contributed by atoms with Crippen molar-refractivity contribution in [1.29, 1.82) is 0 Å². The molecule has 0 aliphatic carbocycles. The fraction of sp³-hybridized carbons (Fsp3) is 0.750. The van der Waals surface area contributed by atoms with Crippen molar-refractivity contribution in [3.63, 3.8) is 0 Å². The zero-order valence-corrected chi connectivity index (χ0v) is 31.5. The summed E-state index contributed by atoms with van der Waals surface area (Å²) in [5, 5.41) is 0. The summed E-state index contributed by atoms with van der Waals surface area (Å²) in [5.41, 5.74) is 0. The van der Waals surface area contributed by atoms with Crippen molar-refractivity contribution in [3.8, 4) is 0 Å². The Morgan fingerprint density at radius 3 is 1.35 bits per heavy atom. The van der Waals surface area contributed by atoms with E-state index in [0.717, 1.165) is 64.3 Å². The number of carbonyl (C=O) groups is 1. The van der Waals surface area contributed by atoms with Gasteiger partial charge in [-0.05, 0) is 111 Å². The van der Waals surface area contributed by atoms with E-state index in [-0.39, 0.29) is 0 Å². The molecular weight excluding hydrogens is 558 g/mol. The molecule has 266 valence electrons. The van der Waals surface area contributed by atoms with E-state index < -0.39 is 0 Å². The molecule has 0 bridgehead atoms. The Morgan fingerprint density at radius 2 is 0.891 bits per heavy atom. The Balaban J connectivity index is 4.04. The number of hydrogen-bond donors (Lipinski definition) is 0. The molecule has 0 N–H and O–H groups in total. The first-order valence-corrected chi connectivity index (χ1v) is 20.0. The lowest BCUT2D eigenvalue weighted by atomic mass is 9.88. The summed E-state index contributed by atoms with van der Waals surface area (Å²) in [7, 11) is 4.25. The number of ketones is 1. The molecular formula is C44H79NO. The van der Waals surface area contributed by atoms with Gasteiger partial charge >= 0.3 is 0 Å². The van der Waals surface area contributed by atoms with Gasteiger partial charge in [-0.25, -0.2) is 0 Å². The minimum Gasteiger partial charge on any atom is -0.309 e. The standard InChI is InChI=1S/C44H79NO/c1-5-7-9-11-13-15-17-19-21-23-25-27-29-31-33-35-39-43(44(46)41-37-38-42-45(3)4)40-36-34-32-30-28-26-24-22-20-18-16-14-12-10-8-6-2/h7,9,13-16,19-22,43H,5-6,8,10-12,17-18,23-42H2,1-4H3/b9-7-,15-13-,16-14-,21-19-,22-20-. The summed E-state index contributed by atoms with van der Waals surface area (Å²) in [6, 6.07) is 0. The van der Waals surface area contributed by atoms with E-state index in [2.05, 4.69) is 93.6 Å². The molecule has 0 aromatic rings. The number of unbranched alkanes of at least 4 members (excludes halogenated alkanes) is 16. The molecule has 46 heavy (non-hydrogen) atoms. The predicted octanol–water partition coefficient (Wildman–Crippen LogP) is 14.1. The molecule has 0 rings (SSSR count). The van der Waals surface area contributed by atoms with Crippen LogP contribution in [0.5, 0.6) is 0 Å². The van der Waals surface area contributed by atoms with Crippen molar-refractivity contribution in [1.82, 2.24) is 4.90 Å². The molecule has 0 amide bonds. The van der Waals surface area contributed by atoms with Crippen LogP contribution in [0.4, 0.5) is 0 Å². The van der Waals surface area contributed by atoms with Crippen molar-refractivity contribution in [2.75, 3.05) is 20.6 Å². The van der Waals surface area contributed by atoms with E-state index in [9.17, 15) is 4.79 Å². The lowest BCUT2D eigenvalue weighted by molar-refractivity contribution is -0.123. The summed E-state index contributed by atoms with van der Waals surface area (Å²) >= 11 is 0. The highest BCUT2D eigenvalue weighted by Crippen LogP contribution is 2.22. The SMILES string of the molecule is CC/C=C\C/C=C\C/C=C\CCCCCCCCC(CCCCCCCC/C=C\C/C=C\CCCCC)C(=O)CCCCN(C)C. The molecule has 0 spiro atoms. The van der Waals surface area contributed by atoms with Crippen molar-refractivity contribution in [2.24, 2.45) is 5.92 Å². The Labute approximate surface area is 289 Å². The topological polar surface area (TPSA) is 20.3 Å². The van der Waals surface area contributed by atoms with Gasteiger partial charge in [0.25, 0.3) is 0 Å². The molecule has 0 saturated carbocycles. The molecule has 1 atom stereocenters. The van der Waals surface area contributed by atoms with Gasteiger partial charge in [0.05, 0.1) is 0 Å². The van der Waals surface area contributed by atoms with Gasteiger partial charge in [0.15, 0.2) is 0 Å². The summed E-state index contributed by atoms with van der Waals surface area (Å²) < 4.78 is 0. The van der Waals surface area contributed by atoms with E-state index >= 15 is 0 Å². The molecule has 0 aromatic carbocycles. The maximum atomic E-state index is 13.1. The maximum absolute atomic E-state index is 13.1. The van der Waals surface area contributed by atoms with Crippen LogP contribution in [0.3, 0.4) is 0 Å². The summed E-state index contributed by atoms with van der Waals surface area (Å²) in [6.45, 7) is 5.53. The fourth-order valence-electron chi connectivity index (χ4n) is 5.96. The van der Waals surface area contributed by atoms with Crippen molar-refractivity contribution in [3.05, 3.63) is 60.8 Å². The smallest absolute Gasteiger partial charge is 0.135 e. The van der Waals surface area contributed by atoms with E-state index in [1.54, 1.807) is 0 Å². The number of carbonyl (C=O) groups excluding carboxylic acids is 1. The van der Waals surface area contributed by atoms with Gasteiger partial charge in [-0.3, -0.25) is 4.79 Å². The second-order valence-corrected chi connectivity index (χ2v) is 13.8. The van der Waals surface area contributed by atoms with Gasteiger partial charge in [0, 0.05) is 12.3 Å². The second-order valence-electron chi connectivity index (χ2n) is 13.8. The molecule has 0 saturated heterocycles. The third-order valence-electron chi connectivity index (χ3n) is 8.94. The van der Waals surface area contributed by atoms with E-state index in [4.69, 9.17) is 0 Å². The van der Waals surface area contributed by atoms with Crippen LogP contribution in [0.25, 0.3) is 0 Å². The van der Waals surface area contributed by atoms with E-state index in [1.807, 2.05) is 0 Å². The van der Waals surface area contributed by atoms with Crippen molar-refractivity contribution in [2.45, 2.75) is 187 Å². The zero-order valence-electron chi connectivity index (χ0n) is 31.5. The van der Waals surface area contributed by atoms with Crippen LogP contribution in [0.15, 0.2) is 60.8 Å². The van der Waals surface area contributed by atoms with Crippen LogP contribution >= 0.6 is 0 Å². The van der Waals surface area contributed by atoms with Crippen molar-refractivity contribution >= 4 is 5.78 Å². The molecule has 0 heterocycles. The highest BCUT2D eigenvalue weighted by atomic mass is 16.1. The lowest BCUT2D eigenvalue weighted by Crippen LogP contribution is -2.16. The minimum atomic E-state index is 0.312. The zero-order chi connectivity index (χ0) is 33.6. The lowest BCUT2D eigenvalue weighted by Gasteiger charge is -2.16. The maximum Gasteiger partial charge on any atom is 0.135 e.